The van der Waals surface area contributed by atoms with E-state index in [2.05, 4.69) is 10.3 Å². The summed E-state index contributed by atoms with van der Waals surface area (Å²) in [6.07, 6.45) is 0. The Balaban J connectivity index is 1.83. The second-order valence-electron chi connectivity index (χ2n) is 5.39. The van der Waals surface area contributed by atoms with Gasteiger partial charge in [0.05, 0.1) is 12.6 Å². The number of carbonyl (C=O) groups is 1. The Morgan fingerprint density at radius 3 is 2.61 bits per heavy atom. The van der Waals surface area contributed by atoms with Gasteiger partial charge >= 0.3 is 0 Å². The lowest BCUT2D eigenvalue weighted by molar-refractivity contribution is 0.0951. The molecule has 1 heterocycles. The Morgan fingerprint density at radius 2 is 1.87 bits per heavy atom. The monoisotopic (exact) mass is 306 g/mol. The third-order valence-electron chi connectivity index (χ3n) is 3.74. The van der Waals surface area contributed by atoms with E-state index in [-0.39, 0.29) is 5.91 Å². The van der Waals surface area contributed by atoms with E-state index >= 15 is 0 Å². The molecule has 0 saturated carbocycles. The van der Waals surface area contributed by atoms with Crippen molar-refractivity contribution in [2.75, 3.05) is 7.11 Å². The first-order chi connectivity index (χ1) is 11.2. The number of ether oxygens (including phenoxy) is 1. The van der Waals surface area contributed by atoms with Crippen molar-refractivity contribution < 1.29 is 9.53 Å². The van der Waals surface area contributed by atoms with Crippen molar-refractivity contribution in [1.82, 2.24) is 10.3 Å². The smallest absolute Gasteiger partial charge is 0.251 e. The molecule has 1 N–H and O–H groups in total. The normalized spacial score (nSPS) is 10.5. The fraction of sp³-hybridized carbons (Fsp3) is 0.158. The van der Waals surface area contributed by atoms with Gasteiger partial charge in [-0.2, -0.15) is 0 Å². The lowest BCUT2D eigenvalue weighted by Crippen LogP contribution is -2.23. The van der Waals surface area contributed by atoms with E-state index < -0.39 is 0 Å². The highest BCUT2D eigenvalue weighted by molar-refractivity contribution is 5.94. The number of fused-ring (bicyclic) bond motifs is 1. The van der Waals surface area contributed by atoms with Crippen LogP contribution in [0.1, 0.15) is 21.5 Å². The van der Waals surface area contributed by atoms with E-state index in [9.17, 15) is 4.79 Å². The molecule has 23 heavy (non-hydrogen) atoms. The van der Waals surface area contributed by atoms with E-state index in [1.54, 1.807) is 7.11 Å². The van der Waals surface area contributed by atoms with Gasteiger partial charge in [-0.3, -0.25) is 4.79 Å². The summed E-state index contributed by atoms with van der Waals surface area (Å²) >= 11 is 0. The lowest BCUT2D eigenvalue weighted by atomic mass is 10.1. The molecule has 0 saturated heterocycles. The molecule has 0 atom stereocenters. The molecule has 0 aliphatic carbocycles. The van der Waals surface area contributed by atoms with Crippen molar-refractivity contribution in [3.8, 4) is 5.88 Å². The highest BCUT2D eigenvalue weighted by Crippen LogP contribution is 2.21. The van der Waals surface area contributed by atoms with Crippen LogP contribution in [0.4, 0.5) is 0 Å². The number of nitrogens with one attached hydrogen (secondary N) is 1. The molecule has 4 heteroatoms. The van der Waals surface area contributed by atoms with Crippen molar-refractivity contribution >= 4 is 16.8 Å². The average molecular weight is 306 g/mol. The maximum atomic E-state index is 12.3. The van der Waals surface area contributed by atoms with Gasteiger partial charge in [-0.05, 0) is 30.7 Å². The van der Waals surface area contributed by atoms with Gasteiger partial charge in [-0.25, -0.2) is 4.98 Å². The van der Waals surface area contributed by atoms with Gasteiger partial charge in [-0.1, -0.05) is 35.9 Å². The number of hydrogen-bond acceptors (Lipinski definition) is 3. The third-order valence-corrected chi connectivity index (χ3v) is 3.74. The van der Waals surface area contributed by atoms with Crippen molar-refractivity contribution in [3.05, 3.63) is 71.3 Å². The zero-order chi connectivity index (χ0) is 16.2. The Morgan fingerprint density at radius 1 is 1.13 bits per heavy atom. The predicted octanol–water partition coefficient (Wildman–Crippen LogP) is 3.48. The van der Waals surface area contributed by atoms with E-state index in [0.29, 0.717) is 18.0 Å². The number of benzene rings is 2. The summed E-state index contributed by atoms with van der Waals surface area (Å²) in [6.45, 7) is 2.42. The van der Waals surface area contributed by atoms with Gasteiger partial charge in [0.2, 0.25) is 5.88 Å². The largest absolute Gasteiger partial charge is 0.481 e. The van der Waals surface area contributed by atoms with Crippen molar-refractivity contribution in [3.63, 3.8) is 0 Å². The fourth-order valence-corrected chi connectivity index (χ4v) is 2.45. The Kier molecular flexibility index (Phi) is 4.24. The Bertz CT molecular complexity index is 842. The second-order valence-corrected chi connectivity index (χ2v) is 5.39. The molecule has 0 aliphatic rings. The second kappa shape index (κ2) is 6.48. The van der Waals surface area contributed by atoms with Gasteiger partial charge in [0.15, 0.2) is 0 Å². The Hall–Kier alpha value is -2.88. The summed E-state index contributed by atoms with van der Waals surface area (Å²) in [6, 6.07) is 17.2. The minimum Gasteiger partial charge on any atom is -0.481 e. The molecule has 3 rings (SSSR count). The van der Waals surface area contributed by atoms with Crippen LogP contribution >= 0.6 is 0 Å². The zero-order valence-electron chi connectivity index (χ0n) is 13.2. The summed E-state index contributed by atoms with van der Waals surface area (Å²) < 4.78 is 5.24. The van der Waals surface area contributed by atoms with Crippen LogP contribution in [0.15, 0.2) is 54.6 Å². The third kappa shape index (κ3) is 3.31. The maximum Gasteiger partial charge on any atom is 0.251 e. The zero-order valence-corrected chi connectivity index (χ0v) is 13.2. The molecule has 2 aromatic carbocycles. The minimum atomic E-state index is -0.0927. The number of rotatable bonds is 4. The molecule has 1 aromatic heterocycles. The van der Waals surface area contributed by atoms with E-state index in [4.69, 9.17) is 4.74 Å². The number of carbonyl (C=O) groups excluding carboxylic acids is 1. The van der Waals surface area contributed by atoms with Crippen molar-refractivity contribution in [2.24, 2.45) is 0 Å². The molecule has 4 nitrogen and oxygen atoms in total. The first-order valence-electron chi connectivity index (χ1n) is 7.45. The number of aryl methyl sites for hydroxylation is 1. The summed E-state index contributed by atoms with van der Waals surface area (Å²) in [5.41, 5.74) is 3.62. The minimum absolute atomic E-state index is 0.0927. The Labute approximate surface area is 135 Å². The van der Waals surface area contributed by atoms with Crippen LogP contribution < -0.4 is 10.1 Å². The quantitative estimate of drug-likeness (QED) is 0.803. The number of nitrogens with zero attached hydrogens (tertiary/aromatic N) is 1. The molecule has 116 valence electrons. The molecule has 0 spiro atoms. The molecule has 0 radical (unpaired) electrons. The summed E-state index contributed by atoms with van der Waals surface area (Å²) in [5, 5.41) is 3.97. The van der Waals surface area contributed by atoms with Gasteiger partial charge in [-0.15, -0.1) is 0 Å². The number of methoxy groups -OCH3 is 1. The van der Waals surface area contributed by atoms with Crippen molar-refractivity contribution in [2.45, 2.75) is 13.5 Å². The molecular weight excluding hydrogens is 288 g/mol. The molecule has 0 bridgehead atoms. The first-order valence-corrected chi connectivity index (χ1v) is 7.45. The summed E-state index contributed by atoms with van der Waals surface area (Å²) in [7, 11) is 1.59. The fourth-order valence-electron chi connectivity index (χ4n) is 2.45. The maximum absolute atomic E-state index is 12.3. The molecule has 0 fully saturated rings. The van der Waals surface area contributed by atoms with E-state index in [0.717, 1.165) is 22.0 Å². The number of pyridine rings is 1. The van der Waals surface area contributed by atoms with Gasteiger partial charge in [0.25, 0.3) is 5.91 Å². The van der Waals surface area contributed by atoms with Crippen LogP contribution in [0.3, 0.4) is 0 Å². The number of para-hydroxylation sites is 1. The summed E-state index contributed by atoms with van der Waals surface area (Å²) in [5.74, 6) is 0.452. The van der Waals surface area contributed by atoms with Crippen LogP contribution in [-0.4, -0.2) is 18.0 Å². The van der Waals surface area contributed by atoms with Crippen LogP contribution in [0.25, 0.3) is 10.9 Å². The first kappa shape index (κ1) is 15.0. The topological polar surface area (TPSA) is 51.2 Å². The molecule has 0 aliphatic heterocycles. The van der Waals surface area contributed by atoms with Crippen molar-refractivity contribution in [1.29, 1.82) is 0 Å². The highest BCUT2D eigenvalue weighted by Gasteiger charge is 2.09. The van der Waals surface area contributed by atoms with E-state index in [1.165, 1.54) is 0 Å². The SMILES string of the molecule is COc1cc(CNC(=O)c2ccc(C)cc2)c2ccccc2n1. The van der Waals surface area contributed by atoms with Gasteiger partial charge in [0.1, 0.15) is 0 Å². The van der Waals surface area contributed by atoms with Gasteiger partial charge < -0.3 is 10.1 Å². The van der Waals surface area contributed by atoms with E-state index in [1.807, 2.05) is 61.5 Å². The number of hydrogen-bond donors (Lipinski definition) is 1. The standard InChI is InChI=1S/C19H18N2O2/c1-13-7-9-14(10-8-13)19(22)20-12-15-11-18(23-2)21-17-6-4-3-5-16(15)17/h3-11H,12H2,1-2H3,(H,20,22). The molecular formula is C19H18N2O2. The van der Waals surface area contributed by atoms with Crippen LogP contribution in [-0.2, 0) is 6.54 Å². The number of amides is 1. The number of aromatic nitrogens is 1. The molecule has 1 amide bonds. The molecule has 0 unspecified atom stereocenters. The van der Waals surface area contributed by atoms with Crippen LogP contribution in [0.5, 0.6) is 5.88 Å². The lowest BCUT2D eigenvalue weighted by Gasteiger charge is -2.10. The predicted molar refractivity (Wildman–Crippen MR) is 90.6 cm³/mol. The van der Waals surface area contributed by atoms with Crippen LogP contribution in [0, 0.1) is 6.92 Å². The van der Waals surface area contributed by atoms with Gasteiger partial charge in [0, 0.05) is 23.6 Å². The highest BCUT2D eigenvalue weighted by atomic mass is 16.5. The average Bonchev–Trinajstić information content (AvgIpc) is 2.59. The van der Waals surface area contributed by atoms with Crippen LogP contribution in [0.2, 0.25) is 0 Å². The molecule has 3 aromatic rings. The summed E-state index contributed by atoms with van der Waals surface area (Å²) in [4.78, 5) is 16.7.